The van der Waals surface area contributed by atoms with Gasteiger partial charge in [-0.15, -0.1) is 0 Å². The van der Waals surface area contributed by atoms with Crippen LogP contribution in [0.3, 0.4) is 0 Å². The number of phenolic OH excluding ortho intramolecular Hbond substituents is 1. The summed E-state index contributed by atoms with van der Waals surface area (Å²) in [6, 6.07) is 20.5. The van der Waals surface area contributed by atoms with E-state index in [-0.39, 0.29) is 17.1 Å². The summed E-state index contributed by atoms with van der Waals surface area (Å²) in [5.41, 5.74) is 3.17. The molecule has 1 atom stereocenters. The first-order valence-corrected chi connectivity index (χ1v) is 12.9. The number of carbonyl (C=O) groups excluding carboxylic acids is 2. The summed E-state index contributed by atoms with van der Waals surface area (Å²) in [7, 11) is 0. The molecule has 1 aliphatic heterocycles. The molecule has 1 fully saturated rings. The molecule has 7 nitrogen and oxygen atoms in total. The lowest BCUT2D eigenvalue weighted by Gasteiger charge is -2.28. The van der Waals surface area contributed by atoms with E-state index in [1.165, 1.54) is 17.0 Å². The fourth-order valence-corrected chi connectivity index (χ4v) is 4.77. The lowest BCUT2D eigenvalue weighted by molar-refractivity contribution is -0.140. The standard InChI is InChI=1S/C31H34N2O5/c1-4-32(5-2)16-17-33-28(24-10-7-11-25(34)19-24)27(30(36)31(33)37)29(35)23-12-14-26(15-13-23)38-20-22-9-6-8-21(3)18-22/h6-15,18-19,28,34-35H,4-5,16-17,20H2,1-3H3/b29-27-. The Bertz CT molecular complexity index is 1330. The molecule has 1 unspecified atom stereocenters. The molecule has 1 aliphatic rings. The topological polar surface area (TPSA) is 90.3 Å². The number of aryl methyl sites for hydroxylation is 1. The van der Waals surface area contributed by atoms with Crippen molar-refractivity contribution in [3.8, 4) is 11.5 Å². The molecule has 1 saturated heterocycles. The van der Waals surface area contributed by atoms with E-state index in [0.29, 0.717) is 36.6 Å². The normalized spacial score (nSPS) is 16.8. The predicted molar refractivity (Wildman–Crippen MR) is 147 cm³/mol. The number of amides is 1. The Morgan fingerprint density at radius 1 is 0.974 bits per heavy atom. The van der Waals surface area contributed by atoms with Gasteiger partial charge in [-0.3, -0.25) is 9.59 Å². The number of ketones is 1. The van der Waals surface area contributed by atoms with E-state index in [0.717, 1.165) is 24.2 Å². The number of aliphatic hydroxyl groups excluding tert-OH is 1. The fourth-order valence-electron chi connectivity index (χ4n) is 4.77. The highest BCUT2D eigenvalue weighted by Gasteiger charge is 2.46. The van der Waals surface area contributed by atoms with Gasteiger partial charge in [-0.1, -0.05) is 55.8 Å². The Hall–Kier alpha value is -4.10. The van der Waals surface area contributed by atoms with Gasteiger partial charge in [0, 0.05) is 18.7 Å². The van der Waals surface area contributed by atoms with Crippen LogP contribution in [0.25, 0.3) is 5.76 Å². The first kappa shape index (κ1) is 26.9. The van der Waals surface area contributed by atoms with Crippen LogP contribution < -0.4 is 4.74 Å². The zero-order valence-electron chi connectivity index (χ0n) is 22.1. The van der Waals surface area contributed by atoms with Crippen molar-refractivity contribution >= 4 is 17.4 Å². The summed E-state index contributed by atoms with van der Waals surface area (Å²) in [5, 5.41) is 21.4. The number of hydrogen-bond donors (Lipinski definition) is 2. The van der Waals surface area contributed by atoms with Crippen molar-refractivity contribution in [1.82, 2.24) is 9.80 Å². The van der Waals surface area contributed by atoms with Gasteiger partial charge in [0.05, 0.1) is 11.6 Å². The number of ether oxygens (including phenoxy) is 1. The molecule has 38 heavy (non-hydrogen) atoms. The number of phenols is 1. The number of carbonyl (C=O) groups is 2. The average Bonchev–Trinajstić information content (AvgIpc) is 3.17. The number of Topliss-reactive ketones (excluding diaryl/α,β-unsaturated/α-hetero) is 1. The maximum absolute atomic E-state index is 13.2. The molecule has 7 heteroatoms. The third kappa shape index (κ3) is 5.89. The van der Waals surface area contributed by atoms with Crippen LogP contribution in [0.5, 0.6) is 11.5 Å². The molecule has 0 spiro atoms. The molecule has 4 rings (SSSR count). The molecule has 0 aliphatic carbocycles. The Morgan fingerprint density at radius 2 is 1.68 bits per heavy atom. The van der Waals surface area contributed by atoms with Crippen LogP contribution in [-0.4, -0.2) is 57.9 Å². The van der Waals surface area contributed by atoms with Crippen LogP contribution in [0.1, 0.15) is 42.1 Å². The molecule has 0 aromatic heterocycles. The number of benzene rings is 3. The maximum Gasteiger partial charge on any atom is 0.295 e. The van der Waals surface area contributed by atoms with Crippen LogP contribution in [0.15, 0.2) is 78.4 Å². The SMILES string of the molecule is CCN(CC)CCN1C(=O)C(=O)/C(=C(\O)c2ccc(OCc3cccc(C)c3)cc2)C1c1cccc(O)c1. The van der Waals surface area contributed by atoms with E-state index in [2.05, 4.69) is 11.0 Å². The van der Waals surface area contributed by atoms with Crippen molar-refractivity contribution in [2.75, 3.05) is 26.2 Å². The summed E-state index contributed by atoms with van der Waals surface area (Å²) in [4.78, 5) is 30.0. The van der Waals surface area contributed by atoms with Crippen molar-refractivity contribution in [2.24, 2.45) is 0 Å². The summed E-state index contributed by atoms with van der Waals surface area (Å²) in [6.45, 7) is 9.04. The molecular formula is C31H34N2O5. The second kappa shape index (κ2) is 12.0. The summed E-state index contributed by atoms with van der Waals surface area (Å²) in [5.74, 6) is -1.02. The van der Waals surface area contributed by atoms with Gasteiger partial charge in [0.25, 0.3) is 11.7 Å². The molecule has 198 valence electrons. The van der Waals surface area contributed by atoms with Crippen LogP contribution in [-0.2, 0) is 16.2 Å². The van der Waals surface area contributed by atoms with Gasteiger partial charge in [0.1, 0.15) is 23.9 Å². The van der Waals surface area contributed by atoms with Crippen molar-refractivity contribution in [3.63, 3.8) is 0 Å². The number of aliphatic hydroxyl groups is 1. The quantitative estimate of drug-likeness (QED) is 0.224. The first-order valence-electron chi connectivity index (χ1n) is 12.9. The molecule has 0 bridgehead atoms. The van der Waals surface area contributed by atoms with E-state index in [9.17, 15) is 19.8 Å². The molecule has 3 aromatic rings. The van der Waals surface area contributed by atoms with E-state index in [1.54, 1.807) is 36.4 Å². The third-order valence-electron chi connectivity index (χ3n) is 6.89. The van der Waals surface area contributed by atoms with Gasteiger partial charge >= 0.3 is 0 Å². The molecule has 1 heterocycles. The average molecular weight is 515 g/mol. The van der Waals surface area contributed by atoms with Crippen LogP contribution in [0, 0.1) is 6.92 Å². The van der Waals surface area contributed by atoms with E-state index in [1.807, 2.05) is 39.0 Å². The zero-order valence-corrected chi connectivity index (χ0v) is 22.1. The molecule has 1 amide bonds. The second-order valence-corrected chi connectivity index (χ2v) is 9.42. The number of rotatable bonds is 10. The number of hydrogen-bond acceptors (Lipinski definition) is 6. The van der Waals surface area contributed by atoms with Gasteiger partial charge < -0.3 is 24.7 Å². The van der Waals surface area contributed by atoms with E-state index >= 15 is 0 Å². The van der Waals surface area contributed by atoms with Crippen LogP contribution in [0.2, 0.25) is 0 Å². The Kier molecular flexibility index (Phi) is 8.48. The summed E-state index contributed by atoms with van der Waals surface area (Å²) < 4.78 is 5.88. The largest absolute Gasteiger partial charge is 0.508 e. The highest BCUT2D eigenvalue weighted by molar-refractivity contribution is 6.46. The fraction of sp³-hybridized carbons (Fsp3) is 0.290. The molecule has 0 saturated carbocycles. The van der Waals surface area contributed by atoms with Crippen molar-refractivity contribution in [1.29, 1.82) is 0 Å². The molecule has 2 N–H and O–H groups in total. The monoisotopic (exact) mass is 514 g/mol. The zero-order chi connectivity index (χ0) is 27.2. The Morgan fingerprint density at radius 3 is 2.34 bits per heavy atom. The smallest absolute Gasteiger partial charge is 0.295 e. The number of likely N-dealkylation sites (tertiary alicyclic amines) is 1. The van der Waals surface area contributed by atoms with Crippen LogP contribution in [0.4, 0.5) is 0 Å². The minimum atomic E-state index is -0.810. The first-order chi connectivity index (χ1) is 18.3. The lowest BCUT2D eigenvalue weighted by atomic mass is 9.95. The highest BCUT2D eigenvalue weighted by atomic mass is 16.5. The van der Waals surface area contributed by atoms with Crippen molar-refractivity contribution in [2.45, 2.75) is 33.4 Å². The molecule has 3 aromatic carbocycles. The minimum Gasteiger partial charge on any atom is -0.508 e. The van der Waals surface area contributed by atoms with Gasteiger partial charge in [0.2, 0.25) is 0 Å². The van der Waals surface area contributed by atoms with Crippen LogP contribution >= 0.6 is 0 Å². The van der Waals surface area contributed by atoms with E-state index in [4.69, 9.17) is 4.74 Å². The summed E-state index contributed by atoms with van der Waals surface area (Å²) >= 11 is 0. The van der Waals surface area contributed by atoms with E-state index < -0.39 is 17.7 Å². The Labute approximate surface area is 223 Å². The third-order valence-corrected chi connectivity index (χ3v) is 6.89. The summed E-state index contributed by atoms with van der Waals surface area (Å²) in [6.07, 6.45) is 0. The minimum absolute atomic E-state index is 0.00794. The number of likely N-dealkylation sites (N-methyl/N-ethyl adjacent to an activating group) is 1. The van der Waals surface area contributed by atoms with Gasteiger partial charge in [-0.05, 0) is 67.5 Å². The lowest BCUT2D eigenvalue weighted by Crippen LogP contribution is -2.38. The maximum atomic E-state index is 13.2. The predicted octanol–water partition coefficient (Wildman–Crippen LogP) is 5.04. The second-order valence-electron chi connectivity index (χ2n) is 9.42. The Balaban J connectivity index is 1.64. The van der Waals surface area contributed by atoms with Crippen molar-refractivity contribution in [3.05, 3.63) is 101 Å². The molecular weight excluding hydrogens is 480 g/mol. The number of aromatic hydroxyl groups is 1. The van der Waals surface area contributed by atoms with Crippen molar-refractivity contribution < 1.29 is 24.5 Å². The number of nitrogens with zero attached hydrogens (tertiary/aromatic N) is 2. The van der Waals surface area contributed by atoms with Gasteiger partial charge in [-0.25, -0.2) is 0 Å². The molecule has 0 radical (unpaired) electrons. The van der Waals surface area contributed by atoms with Gasteiger partial charge in [0.15, 0.2) is 0 Å². The van der Waals surface area contributed by atoms with Gasteiger partial charge in [-0.2, -0.15) is 0 Å². The highest BCUT2D eigenvalue weighted by Crippen LogP contribution is 2.40.